The number of methoxy groups -OCH3 is 1. The van der Waals surface area contributed by atoms with Crippen LogP contribution in [-0.2, 0) is 11.3 Å². The second-order valence-corrected chi connectivity index (χ2v) is 4.88. The number of carbonyl (C=O) groups excluding carboxylic acids is 1. The van der Waals surface area contributed by atoms with Crippen LogP contribution >= 0.6 is 0 Å². The van der Waals surface area contributed by atoms with Gasteiger partial charge < -0.3 is 9.84 Å². The highest BCUT2D eigenvalue weighted by Gasteiger charge is 2.03. The number of aromatic hydroxyl groups is 1. The molecule has 0 bridgehead atoms. The number of allylic oxidation sites excluding steroid dienone is 1. The number of phenolic OH excluding ortho intramolecular Hbond substituents is 1. The molecule has 2 aromatic rings. The first kappa shape index (κ1) is 15.0. The molecule has 21 heavy (non-hydrogen) atoms. The number of rotatable bonds is 5. The zero-order valence-electron chi connectivity index (χ0n) is 12.2. The Balaban J connectivity index is 2.12. The lowest BCUT2D eigenvalue weighted by Crippen LogP contribution is -1.93. The zero-order valence-corrected chi connectivity index (χ0v) is 12.2. The summed E-state index contributed by atoms with van der Waals surface area (Å²) in [6.45, 7) is 2.34. The number of hydrogen-bond acceptors (Lipinski definition) is 3. The summed E-state index contributed by atoms with van der Waals surface area (Å²) in [5.41, 5.74) is 3.26. The van der Waals surface area contributed by atoms with Crippen molar-refractivity contribution in [3.63, 3.8) is 0 Å². The maximum Gasteiger partial charge on any atom is 0.185 e. The molecule has 0 saturated carbocycles. The quantitative estimate of drug-likeness (QED) is 0.671. The monoisotopic (exact) mass is 282 g/mol. The average molecular weight is 282 g/mol. The Morgan fingerprint density at radius 3 is 2.52 bits per heavy atom. The lowest BCUT2D eigenvalue weighted by Gasteiger charge is -2.04. The fraction of sp³-hybridized carbons (Fsp3) is 0.167. The van der Waals surface area contributed by atoms with Gasteiger partial charge in [-0.3, -0.25) is 4.79 Å². The third-order valence-electron chi connectivity index (χ3n) is 3.17. The molecular weight excluding hydrogens is 264 g/mol. The molecule has 0 fully saturated rings. The zero-order chi connectivity index (χ0) is 15.2. The molecule has 0 heterocycles. The fourth-order valence-corrected chi connectivity index (χ4v) is 1.95. The summed E-state index contributed by atoms with van der Waals surface area (Å²) in [4.78, 5) is 12.0. The molecule has 0 aromatic heterocycles. The van der Waals surface area contributed by atoms with Crippen molar-refractivity contribution in [2.75, 3.05) is 7.11 Å². The predicted octanol–water partition coefficient (Wildman–Crippen LogP) is 3.74. The van der Waals surface area contributed by atoms with Crippen LogP contribution in [0, 0.1) is 6.92 Å². The summed E-state index contributed by atoms with van der Waals surface area (Å²) in [6, 6.07) is 12.7. The number of ketones is 1. The number of aryl methyl sites for hydroxylation is 1. The molecule has 0 aliphatic carbocycles. The highest BCUT2D eigenvalue weighted by Crippen LogP contribution is 2.20. The Hall–Kier alpha value is -2.39. The van der Waals surface area contributed by atoms with Gasteiger partial charge in [0.25, 0.3) is 0 Å². The molecule has 0 aliphatic heterocycles. The van der Waals surface area contributed by atoms with E-state index in [9.17, 15) is 9.90 Å². The minimum absolute atomic E-state index is 0.0598. The maximum atomic E-state index is 12.0. The van der Waals surface area contributed by atoms with Crippen LogP contribution in [0.1, 0.15) is 27.0 Å². The molecule has 2 rings (SSSR count). The highest BCUT2D eigenvalue weighted by atomic mass is 16.5. The van der Waals surface area contributed by atoms with Gasteiger partial charge in [-0.1, -0.05) is 48.0 Å². The maximum absolute atomic E-state index is 12.0. The molecule has 2 aromatic carbocycles. The topological polar surface area (TPSA) is 46.5 Å². The van der Waals surface area contributed by atoms with Gasteiger partial charge in [0.05, 0.1) is 6.61 Å². The molecule has 0 spiro atoms. The van der Waals surface area contributed by atoms with Crippen molar-refractivity contribution < 1.29 is 14.6 Å². The molecule has 108 valence electrons. The van der Waals surface area contributed by atoms with E-state index in [-0.39, 0.29) is 11.5 Å². The molecular formula is C18H18O3. The third-order valence-corrected chi connectivity index (χ3v) is 3.17. The van der Waals surface area contributed by atoms with E-state index in [4.69, 9.17) is 4.74 Å². The predicted molar refractivity (Wildman–Crippen MR) is 83.4 cm³/mol. The van der Waals surface area contributed by atoms with Crippen molar-refractivity contribution in [1.82, 2.24) is 0 Å². The van der Waals surface area contributed by atoms with Gasteiger partial charge in [-0.25, -0.2) is 0 Å². The molecule has 3 heteroatoms. The van der Waals surface area contributed by atoms with Crippen LogP contribution in [-0.4, -0.2) is 18.0 Å². The van der Waals surface area contributed by atoms with Crippen molar-refractivity contribution in [3.05, 3.63) is 70.8 Å². The first-order valence-electron chi connectivity index (χ1n) is 6.70. The average Bonchev–Trinajstić information content (AvgIpc) is 2.48. The van der Waals surface area contributed by atoms with Crippen LogP contribution in [0.3, 0.4) is 0 Å². The summed E-state index contributed by atoms with van der Waals surface area (Å²) in [5, 5.41) is 9.84. The van der Waals surface area contributed by atoms with Crippen molar-refractivity contribution in [2.24, 2.45) is 0 Å². The van der Waals surface area contributed by atoms with Gasteiger partial charge in [-0.05, 0) is 24.6 Å². The first-order chi connectivity index (χ1) is 10.1. The lowest BCUT2D eigenvalue weighted by atomic mass is 10.1. The molecule has 0 aliphatic rings. The van der Waals surface area contributed by atoms with Crippen molar-refractivity contribution in [3.8, 4) is 5.75 Å². The van der Waals surface area contributed by atoms with Crippen LogP contribution in [0.2, 0.25) is 0 Å². The number of carbonyl (C=O) groups is 1. The van der Waals surface area contributed by atoms with Crippen LogP contribution < -0.4 is 0 Å². The second-order valence-electron chi connectivity index (χ2n) is 4.88. The second kappa shape index (κ2) is 6.86. The van der Waals surface area contributed by atoms with Gasteiger partial charge in [-0.15, -0.1) is 0 Å². The van der Waals surface area contributed by atoms with Gasteiger partial charge >= 0.3 is 0 Å². The van der Waals surface area contributed by atoms with E-state index >= 15 is 0 Å². The largest absolute Gasteiger partial charge is 0.508 e. The summed E-state index contributed by atoms with van der Waals surface area (Å²) in [7, 11) is 1.58. The van der Waals surface area contributed by atoms with Crippen molar-refractivity contribution in [1.29, 1.82) is 0 Å². The summed E-state index contributed by atoms with van der Waals surface area (Å²) in [6.07, 6.45) is 3.20. The smallest absolute Gasteiger partial charge is 0.185 e. The van der Waals surface area contributed by atoms with E-state index in [0.29, 0.717) is 12.2 Å². The standard InChI is InChI=1S/C18H18O3/c1-13-3-7-15(8-4-13)17(19)10-6-14-5-9-16(12-21-2)18(20)11-14/h3-11,20H,12H2,1-2H3/b10-6+. The van der Waals surface area contributed by atoms with E-state index in [1.807, 2.05) is 25.1 Å². The third kappa shape index (κ3) is 4.04. The molecule has 0 radical (unpaired) electrons. The molecule has 0 amide bonds. The summed E-state index contributed by atoms with van der Waals surface area (Å²) < 4.78 is 4.98. The van der Waals surface area contributed by atoms with Crippen molar-refractivity contribution >= 4 is 11.9 Å². The van der Waals surface area contributed by atoms with E-state index in [1.165, 1.54) is 6.08 Å². The van der Waals surface area contributed by atoms with Crippen LogP contribution in [0.4, 0.5) is 0 Å². The number of ether oxygens (including phenoxy) is 1. The Bertz CT molecular complexity index is 655. The minimum atomic E-state index is -0.0598. The van der Waals surface area contributed by atoms with Crippen LogP contribution in [0.25, 0.3) is 6.08 Å². The Morgan fingerprint density at radius 2 is 1.90 bits per heavy atom. The Morgan fingerprint density at radius 1 is 1.19 bits per heavy atom. The van der Waals surface area contributed by atoms with Crippen LogP contribution in [0.5, 0.6) is 5.75 Å². The molecule has 1 N–H and O–H groups in total. The van der Waals surface area contributed by atoms with E-state index in [1.54, 1.807) is 37.5 Å². The molecule has 0 saturated heterocycles. The number of benzene rings is 2. The number of phenols is 1. The van der Waals surface area contributed by atoms with E-state index in [0.717, 1.165) is 16.7 Å². The van der Waals surface area contributed by atoms with Crippen molar-refractivity contribution in [2.45, 2.75) is 13.5 Å². The molecule has 3 nitrogen and oxygen atoms in total. The normalized spacial score (nSPS) is 11.0. The van der Waals surface area contributed by atoms with Gasteiger partial charge in [0, 0.05) is 18.2 Å². The Labute approximate surface area is 124 Å². The molecule has 0 unspecified atom stereocenters. The Kier molecular flexibility index (Phi) is 4.90. The minimum Gasteiger partial charge on any atom is -0.508 e. The lowest BCUT2D eigenvalue weighted by molar-refractivity contribution is 0.104. The van der Waals surface area contributed by atoms with Gasteiger partial charge in [0.15, 0.2) is 5.78 Å². The van der Waals surface area contributed by atoms with E-state index in [2.05, 4.69) is 0 Å². The molecule has 0 atom stereocenters. The SMILES string of the molecule is COCc1ccc(/C=C/C(=O)c2ccc(C)cc2)cc1O. The highest BCUT2D eigenvalue weighted by molar-refractivity contribution is 6.06. The number of hydrogen-bond donors (Lipinski definition) is 1. The first-order valence-corrected chi connectivity index (χ1v) is 6.70. The van der Waals surface area contributed by atoms with Gasteiger partial charge in [0.1, 0.15) is 5.75 Å². The van der Waals surface area contributed by atoms with E-state index < -0.39 is 0 Å². The summed E-state index contributed by atoms with van der Waals surface area (Å²) in [5.74, 6) is 0.109. The van der Waals surface area contributed by atoms with Gasteiger partial charge in [0.2, 0.25) is 0 Å². The fourth-order valence-electron chi connectivity index (χ4n) is 1.95. The summed E-state index contributed by atoms with van der Waals surface area (Å²) >= 11 is 0. The van der Waals surface area contributed by atoms with Crippen LogP contribution in [0.15, 0.2) is 48.5 Å². The van der Waals surface area contributed by atoms with Gasteiger partial charge in [-0.2, -0.15) is 0 Å².